The Kier molecular flexibility index (Phi) is 4.96. The van der Waals surface area contributed by atoms with E-state index in [2.05, 4.69) is 6.07 Å². The number of hydrogen-bond acceptors (Lipinski definition) is 4. The van der Waals surface area contributed by atoms with Gasteiger partial charge in [-0.25, -0.2) is 17.2 Å². The van der Waals surface area contributed by atoms with Crippen molar-refractivity contribution in [3.05, 3.63) is 63.5 Å². The van der Waals surface area contributed by atoms with Crippen LogP contribution in [0.15, 0.2) is 29.2 Å². The molecule has 2 aromatic rings. The SMILES string of the molecule is CS(=O)(=O)c1ccc([C@H]2CCCc3cc(F)cc(C#N)c32)c2c1[C@H](O)[C@@H](F)CC2. The third-order valence-electron chi connectivity index (χ3n) is 6.07. The van der Waals surface area contributed by atoms with Gasteiger partial charge in [-0.05, 0) is 72.6 Å². The number of fused-ring (bicyclic) bond motifs is 2. The molecule has 0 bridgehead atoms. The topological polar surface area (TPSA) is 78.2 Å². The second kappa shape index (κ2) is 7.19. The van der Waals surface area contributed by atoms with E-state index in [9.17, 15) is 27.6 Å². The standard InChI is InChI=1S/C22H21F2NO3S/c1-29(27,28)19-8-6-15(17-5-7-18(24)22(26)21(17)19)16-4-2-3-12-9-14(23)10-13(11-25)20(12)16/h6,8-10,16,18,22,26H,2-5,7H2,1H3/t16-,18+,22-/m1/s1. The highest BCUT2D eigenvalue weighted by Gasteiger charge is 2.36. The van der Waals surface area contributed by atoms with Gasteiger partial charge in [-0.2, -0.15) is 5.26 Å². The quantitative estimate of drug-likeness (QED) is 0.804. The molecule has 0 aromatic heterocycles. The first-order valence-corrected chi connectivity index (χ1v) is 11.5. The van der Waals surface area contributed by atoms with Crippen molar-refractivity contribution >= 4 is 9.84 Å². The van der Waals surface area contributed by atoms with Crippen LogP contribution in [0.1, 0.15) is 64.7 Å². The zero-order valence-electron chi connectivity index (χ0n) is 16.0. The predicted octanol–water partition coefficient (Wildman–Crippen LogP) is 3.89. The maximum absolute atomic E-state index is 14.3. The van der Waals surface area contributed by atoms with E-state index in [0.29, 0.717) is 24.8 Å². The molecule has 0 fully saturated rings. The second-order valence-electron chi connectivity index (χ2n) is 7.90. The second-order valence-corrected chi connectivity index (χ2v) is 9.88. The van der Waals surface area contributed by atoms with Crippen molar-refractivity contribution < 1.29 is 22.3 Å². The molecule has 4 rings (SSSR count). The fraction of sp³-hybridized carbons (Fsp3) is 0.409. The number of hydrogen-bond donors (Lipinski definition) is 1. The number of aliphatic hydroxyl groups is 1. The molecule has 2 aliphatic rings. The summed E-state index contributed by atoms with van der Waals surface area (Å²) in [5, 5.41) is 20.1. The number of aliphatic hydroxyl groups excluding tert-OH is 1. The fourth-order valence-electron chi connectivity index (χ4n) is 4.87. The number of aryl methyl sites for hydroxylation is 1. The lowest BCUT2D eigenvalue weighted by Gasteiger charge is -2.33. The highest BCUT2D eigenvalue weighted by Crippen LogP contribution is 2.45. The normalized spacial score (nSPS) is 23.8. The van der Waals surface area contributed by atoms with Gasteiger partial charge in [-0.1, -0.05) is 6.07 Å². The lowest BCUT2D eigenvalue weighted by atomic mass is 9.73. The number of nitrogens with zero attached hydrogens (tertiary/aromatic N) is 1. The molecule has 2 aliphatic carbocycles. The number of halogens is 2. The summed E-state index contributed by atoms with van der Waals surface area (Å²) in [5.41, 5.74) is 3.37. The maximum atomic E-state index is 14.3. The molecule has 3 atom stereocenters. The van der Waals surface area contributed by atoms with Crippen molar-refractivity contribution in [2.45, 2.75) is 55.2 Å². The first-order valence-electron chi connectivity index (χ1n) is 9.62. The van der Waals surface area contributed by atoms with Gasteiger partial charge in [0.1, 0.15) is 18.1 Å². The minimum absolute atomic E-state index is 0.0539. The third-order valence-corrected chi connectivity index (χ3v) is 7.23. The Labute approximate surface area is 168 Å². The molecular formula is C22H21F2NO3S. The van der Waals surface area contributed by atoms with E-state index in [1.165, 1.54) is 18.2 Å². The van der Waals surface area contributed by atoms with Crippen LogP contribution in [-0.4, -0.2) is 26.0 Å². The molecule has 0 spiro atoms. The predicted molar refractivity (Wildman–Crippen MR) is 104 cm³/mol. The number of alkyl halides is 1. The Hall–Kier alpha value is -2.30. The lowest BCUT2D eigenvalue weighted by molar-refractivity contribution is 0.0616. The van der Waals surface area contributed by atoms with E-state index in [1.807, 2.05) is 0 Å². The van der Waals surface area contributed by atoms with Crippen LogP contribution in [0.25, 0.3) is 0 Å². The first-order chi connectivity index (χ1) is 13.7. The summed E-state index contributed by atoms with van der Waals surface area (Å²) in [5.74, 6) is -0.675. The molecule has 0 aliphatic heterocycles. The Balaban J connectivity index is 1.97. The number of benzene rings is 2. The summed E-state index contributed by atoms with van der Waals surface area (Å²) in [7, 11) is -3.66. The molecule has 0 saturated carbocycles. The van der Waals surface area contributed by atoms with Crippen molar-refractivity contribution in [3.8, 4) is 6.07 Å². The third kappa shape index (κ3) is 3.34. The van der Waals surface area contributed by atoms with Crippen molar-refractivity contribution in [3.63, 3.8) is 0 Å². The molecule has 4 nitrogen and oxygen atoms in total. The number of sulfone groups is 1. The zero-order valence-corrected chi connectivity index (χ0v) is 16.8. The highest BCUT2D eigenvalue weighted by atomic mass is 32.2. The molecule has 29 heavy (non-hydrogen) atoms. The van der Waals surface area contributed by atoms with Gasteiger partial charge in [-0.15, -0.1) is 0 Å². The summed E-state index contributed by atoms with van der Waals surface area (Å²) in [4.78, 5) is -0.0539. The molecule has 2 aromatic carbocycles. The van der Waals surface area contributed by atoms with Gasteiger partial charge in [0.2, 0.25) is 0 Å². The van der Waals surface area contributed by atoms with Gasteiger partial charge >= 0.3 is 0 Å². The van der Waals surface area contributed by atoms with Gasteiger partial charge in [-0.3, -0.25) is 0 Å². The maximum Gasteiger partial charge on any atom is 0.175 e. The molecular weight excluding hydrogens is 396 g/mol. The largest absolute Gasteiger partial charge is 0.385 e. The van der Waals surface area contributed by atoms with Crippen LogP contribution in [-0.2, 0) is 22.7 Å². The smallest absolute Gasteiger partial charge is 0.175 e. The van der Waals surface area contributed by atoms with Crippen LogP contribution in [0, 0.1) is 17.1 Å². The van der Waals surface area contributed by atoms with E-state index in [-0.39, 0.29) is 28.4 Å². The van der Waals surface area contributed by atoms with Gasteiger partial charge in [0.15, 0.2) is 9.84 Å². The molecule has 1 N–H and O–H groups in total. The molecule has 0 saturated heterocycles. The van der Waals surface area contributed by atoms with Crippen LogP contribution >= 0.6 is 0 Å². The van der Waals surface area contributed by atoms with Crippen LogP contribution in [0.5, 0.6) is 0 Å². The van der Waals surface area contributed by atoms with Crippen LogP contribution in [0.2, 0.25) is 0 Å². The van der Waals surface area contributed by atoms with Gasteiger partial charge < -0.3 is 5.11 Å². The summed E-state index contributed by atoms with van der Waals surface area (Å²) >= 11 is 0. The zero-order chi connectivity index (χ0) is 20.9. The van der Waals surface area contributed by atoms with Crippen molar-refractivity contribution in [1.29, 1.82) is 5.26 Å². The van der Waals surface area contributed by atoms with Crippen molar-refractivity contribution in [2.24, 2.45) is 0 Å². The van der Waals surface area contributed by atoms with Crippen molar-refractivity contribution in [2.75, 3.05) is 6.26 Å². The summed E-state index contributed by atoms with van der Waals surface area (Å²) < 4.78 is 52.7. The summed E-state index contributed by atoms with van der Waals surface area (Å²) in [6.45, 7) is 0. The number of nitriles is 1. The van der Waals surface area contributed by atoms with E-state index >= 15 is 0 Å². The average molecular weight is 417 g/mol. The van der Waals surface area contributed by atoms with Crippen LogP contribution < -0.4 is 0 Å². The fourth-order valence-corrected chi connectivity index (χ4v) is 5.83. The van der Waals surface area contributed by atoms with Gasteiger partial charge in [0.25, 0.3) is 0 Å². The van der Waals surface area contributed by atoms with E-state index in [0.717, 1.165) is 29.4 Å². The molecule has 0 amide bonds. The van der Waals surface area contributed by atoms with Crippen molar-refractivity contribution in [1.82, 2.24) is 0 Å². The Morgan fingerprint density at radius 3 is 2.62 bits per heavy atom. The van der Waals surface area contributed by atoms with Gasteiger partial charge in [0.05, 0.1) is 16.5 Å². The van der Waals surface area contributed by atoms with Gasteiger partial charge in [0, 0.05) is 17.7 Å². The Morgan fingerprint density at radius 1 is 1.17 bits per heavy atom. The van der Waals surface area contributed by atoms with E-state index in [4.69, 9.17) is 0 Å². The van der Waals surface area contributed by atoms with Crippen LogP contribution in [0.3, 0.4) is 0 Å². The Bertz CT molecular complexity index is 1140. The monoisotopic (exact) mass is 417 g/mol. The molecule has 0 heterocycles. The summed E-state index contributed by atoms with van der Waals surface area (Å²) in [6.07, 6.45) is 0.593. The first kappa shape index (κ1) is 20.0. The van der Waals surface area contributed by atoms with E-state index in [1.54, 1.807) is 6.07 Å². The lowest BCUT2D eigenvalue weighted by Crippen LogP contribution is -2.26. The molecule has 152 valence electrons. The minimum atomic E-state index is -3.66. The molecule has 0 radical (unpaired) electrons. The summed E-state index contributed by atoms with van der Waals surface area (Å²) in [6, 6.07) is 7.89. The molecule has 0 unspecified atom stereocenters. The minimum Gasteiger partial charge on any atom is -0.385 e. The number of rotatable bonds is 2. The molecule has 7 heteroatoms. The highest BCUT2D eigenvalue weighted by molar-refractivity contribution is 7.90. The average Bonchev–Trinajstić information content (AvgIpc) is 2.68. The van der Waals surface area contributed by atoms with Crippen LogP contribution in [0.4, 0.5) is 8.78 Å². The Morgan fingerprint density at radius 2 is 1.93 bits per heavy atom. The van der Waals surface area contributed by atoms with E-state index < -0.39 is 27.9 Å².